The maximum absolute atomic E-state index is 2.69. The van der Waals surface area contributed by atoms with Gasteiger partial charge >= 0.3 is 0 Å². The largest absolute Gasteiger partial charge is 0.0653 e. The zero-order chi connectivity index (χ0) is 56.4. The zero-order valence-corrected chi connectivity index (χ0v) is 51.4. The molecule has 0 aromatic heterocycles. The van der Waals surface area contributed by atoms with Crippen LogP contribution in [-0.2, 0) is 21.7 Å². The van der Waals surface area contributed by atoms with Crippen LogP contribution in [0.3, 0.4) is 0 Å². The summed E-state index contributed by atoms with van der Waals surface area (Å²) < 4.78 is 0. The first-order chi connectivity index (χ1) is 39.4. The van der Waals surface area contributed by atoms with Gasteiger partial charge in [0.05, 0.1) is 0 Å². The Hall–Kier alpha value is -6.24. The summed E-state index contributed by atoms with van der Waals surface area (Å²) in [5.41, 5.74) is 33.5. The van der Waals surface area contributed by atoms with E-state index in [0.717, 1.165) is 38.5 Å². The lowest BCUT2D eigenvalue weighted by Gasteiger charge is -2.37. The normalized spacial score (nSPS) is 17.6. The van der Waals surface area contributed by atoms with Crippen LogP contribution in [0.2, 0.25) is 0 Å². The molecule has 0 N–H and O–H groups in total. The van der Waals surface area contributed by atoms with E-state index in [0.29, 0.717) is 11.8 Å². The van der Waals surface area contributed by atoms with E-state index in [1.54, 1.807) is 38.9 Å². The Kier molecular flexibility index (Phi) is 14.9. The second-order valence-corrected chi connectivity index (χ2v) is 26.4. The predicted octanol–water partition coefficient (Wildman–Crippen LogP) is 23.7. The Labute approximate surface area is 489 Å². The molecular formula is C81H92. The van der Waals surface area contributed by atoms with E-state index >= 15 is 0 Å². The number of benzene rings is 8. The second kappa shape index (κ2) is 21.8. The molecule has 0 aliphatic heterocycles. The van der Waals surface area contributed by atoms with Crippen molar-refractivity contribution in [2.45, 2.75) is 201 Å². The van der Waals surface area contributed by atoms with E-state index in [9.17, 15) is 0 Å². The summed E-state index contributed by atoms with van der Waals surface area (Å²) in [4.78, 5) is 0. The van der Waals surface area contributed by atoms with Gasteiger partial charge in [-0.05, 0) is 229 Å². The van der Waals surface area contributed by atoms with Crippen LogP contribution < -0.4 is 0 Å². The van der Waals surface area contributed by atoms with E-state index < -0.39 is 0 Å². The predicted molar refractivity (Wildman–Crippen MR) is 350 cm³/mol. The second-order valence-electron chi connectivity index (χ2n) is 26.4. The van der Waals surface area contributed by atoms with Crippen LogP contribution in [0.5, 0.6) is 0 Å². The number of aryl methyl sites for hydroxylation is 1. The molecule has 0 heterocycles. The van der Waals surface area contributed by atoms with Crippen molar-refractivity contribution in [2.24, 2.45) is 11.8 Å². The molecule has 4 aliphatic carbocycles. The Bertz CT molecular complexity index is 3630. The number of hydrogen-bond donors (Lipinski definition) is 0. The molecule has 0 fully saturated rings. The fourth-order valence-electron chi connectivity index (χ4n) is 17.7. The number of hydrogen-bond acceptors (Lipinski definition) is 0. The summed E-state index contributed by atoms with van der Waals surface area (Å²) >= 11 is 0. The first-order valence-electron chi connectivity index (χ1n) is 32.5. The van der Waals surface area contributed by atoms with Gasteiger partial charge in [0, 0.05) is 21.7 Å². The molecule has 0 spiro atoms. The maximum Gasteiger partial charge on any atom is 0.0220 e. The molecule has 2 unspecified atom stereocenters. The van der Waals surface area contributed by atoms with E-state index in [4.69, 9.17) is 0 Å². The van der Waals surface area contributed by atoms with Gasteiger partial charge in [-0.1, -0.05) is 241 Å². The van der Waals surface area contributed by atoms with Crippen molar-refractivity contribution in [3.63, 3.8) is 0 Å². The minimum Gasteiger partial charge on any atom is -0.0653 e. The van der Waals surface area contributed by atoms with Gasteiger partial charge in [-0.15, -0.1) is 0 Å². The third-order valence-electron chi connectivity index (χ3n) is 21.4. The highest BCUT2D eigenvalue weighted by atomic mass is 14.5. The minimum absolute atomic E-state index is 0.0480. The van der Waals surface area contributed by atoms with Gasteiger partial charge in [-0.3, -0.25) is 0 Å². The monoisotopic (exact) mass is 1060 g/mol. The standard InChI is InChI=1S/C81H92/c1-12-38-78(39-13-2)70-23-21-20-22-62(70)64-32-25-56(45-72(64)78)57-27-34-66-67-35-28-59(48-75(67)80(42-16-5,43-17-6)74(66)47-57)61-30-37-69-68-36-29-60(49-76(68)81(77(69)50-61,51-53(9)18-7)52-54(10)19-8)58-26-33-65-63-31-24-55(11)44-71(63)79(40-14-3,41-15-4)73(65)46-58/h20-37,44-50,53-54H,12-19,38-43,51-52H2,1-11H3. The molecule has 8 aromatic carbocycles. The van der Waals surface area contributed by atoms with Crippen molar-refractivity contribution in [1.29, 1.82) is 0 Å². The van der Waals surface area contributed by atoms with Gasteiger partial charge in [0.15, 0.2) is 0 Å². The van der Waals surface area contributed by atoms with Crippen LogP contribution >= 0.6 is 0 Å². The average Bonchev–Trinajstić information content (AvgIpc) is 3.79. The van der Waals surface area contributed by atoms with Gasteiger partial charge in [-0.25, -0.2) is 0 Å². The fourth-order valence-corrected chi connectivity index (χ4v) is 17.7. The van der Waals surface area contributed by atoms with Crippen molar-refractivity contribution in [3.8, 4) is 77.9 Å². The lowest BCUT2D eigenvalue weighted by molar-refractivity contribution is 0.308. The molecule has 416 valence electrons. The smallest absolute Gasteiger partial charge is 0.0220 e. The minimum atomic E-state index is -0.0924. The zero-order valence-electron chi connectivity index (χ0n) is 51.4. The number of fused-ring (bicyclic) bond motifs is 12. The summed E-state index contributed by atoms with van der Waals surface area (Å²) in [6.07, 6.45) is 18.7. The molecule has 0 saturated heterocycles. The van der Waals surface area contributed by atoms with Gasteiger partial charge in [-0.2, -0.15) is 0 Å². The van der Waals surface area contributed by atoms with Crippen LogP contribution in [0, 0.1) is 18.8 Å². The van der Waals surface area contributed by atoms with Crippen LogP contribution in [0.25, 0.3) is 77.9 Å². The van der Waals surface area contributed by atoms with Crippen molar-refractivity contribution >= 4 is 0 Å². The lowest BCUT2D eigenvalue weighted by Crippen LogP contribution is -2.30. The Morgan fingerprint density at radius 1 is 0.272 bits per heavy atom. The van der Waals surface area contributed by atoms with E-state index in [-0.39, 0.29) is 21.7 Å². The molecule has 0 nitrogen and oxygen atoms in total. The highest BCUT2D eigenvalue weighted by Gasteiger charge is 2.48. The van der Waals surface area contributed by atoms with Crippen molar-refractivity contribution in [1.82, 2.24) is 0 Å². The van der Waals surface area contributed by atoms with Gasteiger partial charge < -0.3 is 0 Å². The summed E-state index contributed by atoms with van der Waals surface area (Å²) in [5, 5.41) is 0. The fraction of sp³-hybridized carbons (Fsp3) is 0.407. The third-order valence-corrected chi connectivity index (χ3v) is 21.4. The molecule has 0 bridgehead atoms. The average molecular weight is 1070 g/mol. The highest BCUT2D eigenvalue weighted by Crippen LogP contribution is 2.61. The molecule has 12 rings (SSSR count). The summed E-state index contributed by atoms with van der Waals surface area (Å²) in [6, 6.07) is 62.2. The number of rotatable bonds is 21. The van der Waals surface area contributed by atoms with Crippen molar-refractivity contribution in [2.75, 3.05) is 0 Å². The molecule has 4 aliphatic rings. The van der Waals surface area contributed by atoms with Gasteiger partial charge in [0.2, 0.25) is 0 Å². The van der Waals surface area contributed by atoms with E-state index in [2.05, 4.69) is 228 Å². The summed E-state index contributed by atoms with van der Waals surface area (Å²) in [7, 11) is 0. The first kappa shape index (κ1) is 55.3. The molecule has 81 heavy (non-hydrogen) atoms. The topological polar surface area (TPSA) is 0 Å². The Morgan fingerprint density at radius 3 is 0.815 bits per heavy atom. The molecule has 0 amide bonds. The molecule has 8 aromatic rings. The van der Waals surface area contributed by atoms with Crippen LogP contribution in [-0.4, -0.2) is 0 Å². The molecule has 2 atom stereocenters. The van der Waals surface area contributed by atoms with Gasteiger partial charge in [0.1, 0.15) is 0 Å². The first-order valence-corrected chi connectivity index (χ1v) is 32.5. The van der Waals surface area contributed by atoms with E-state index in [1.807, 2.05) is 0 Å². The van der Waals surface area contributed by atoms with Crippen molar-refractivity contribution in [3.05, 3.63) is 202 Å². The summed E-state index contributed by atoms with van der Waals surface area (Å²) in [6.45, 7) is 26.5. The lowest BCUT2D eigenvalue weighted by atomic mass is 9.66. The Morgan fingerprint density at radius 2 is 0.519 bits per heavy atom. The maximum atomic E-state index is 2.69. The molecule has 0 heteroatoms. The Balaban J connectivity index is 0.956. The van der Waals surface area contributed by atoms with E-state index in [1.165, 1.54) is 153 Å². The third kappa shape index (κ3) is 8.63. The quantitative estimate of drug-likeness (QED) is 0.0673. The molecule has 0 radical (unpaired) electrons. The molecular weight excluding hydrogens is 973 g/mol. The molecule has 0 saturated carbocycles. The SMILES string of the molecule is CCCC1(CCC)c2ccccc2-c2ccc(-c3ccc4c(c3)C(CCC)(CCC)c3cc(-c5ccc6c(c5)C(CC(C)CC)(CC(C)CC)c5cc(-c7ccc8c(c7)C(CCC)(CCC)c7cc(C)ccc7-8)ccc5-6)ccc3-4)cc21. The summed E-state index contributed by atoms with van der Waals surface area (Å²) in [5.74, 6) is 1.17. The van der Waals surface area contributed by atoms with Crippen LogP contribution in [0.1, 0.15) is 222 Å². The van der Waals surface area contributed by atoms with Crippen LogP contribution in [0.4, 0.5) is 0 Å². The van der Waals surface area contributed by atoms with Crippen molar-refractivity contribution < 1.29 is 0 Å². The van der Waals surface area contributed by atoms with Crippen LogP contribution in [0.15, 0.2) is 152 Å². The highest BCUT2D eigenvalue weighted by molar-refractivity contribution is 5.91. The van der Waals surface area contributed by atoms with Gasteiger partial charge in [0.25, 0.3) is 0 Å².